The van der Waals surface area contributed by atoms with Gasteiger partial charge in [-0.15, -0.1) is 0 Å². The molecule has 0 bridgehead atoms. The molecule has 0 atom stereocenters. The SMILES string of the molecule is CC1(C)NC(=O)N(CC(=O)N2CCC3(CCN(Cc4ccccc4)CC3)C2)C1=O. The molecular weight excluding hydrogens is 368 g/mol. The van der Waals surface area contributed by atoms with Gasteiger partial charge in [-0.2, -0.15) is 0 Å². The predicted molar refractivity (Wildman–Crippen MR) is 109 cm³/mol. The molecule has 0 unspecified atom stereocenters. The second kappa shape index (κ2) is 7.44. The monoisotopic (exact) mass is 398 g/mol. The first-order valence-corrected chi connectivity index (χ1v) is 10.5. The van der Waals surface area contributed by atoms with Gasteiger partial charge in [-0.1, -0.05) is 30.3 Å². The molecule has 1 aromatic rings. The van der Waals surface area contributed by atoms with Crippen LogP contribution in [0.1, 0.15) is 38.7 Å². The summed E-state index contributed by atoms with van der Waals surface area (Å²) in [4.78, 5) is 42.5. The van der Waals surface area contributed by atoms with Crippen molar-refractivity contribution in [3.8, 4) is 0 Å². The Kier molecular flexibility index (Phi) is 5.11. The molecule has 0 aromatic heterocycles. The molecule has 4 rings (SSSR count). The molecule has 4 amide bonds. The van der Waals surface area contributed by atoms with E-state index in [9.17, 15) is 14.4 Å². The average Bonchev–Trinajstić information content (AvgIpc) is 3.19. The Morgan fingerprint density at radius 3 is 2.31 bits per heavy atom. The van der Waals surface area contributed by atoms with Crippen molar-refractivity contribution in [3.05, 3.63) is 35.9 Å². The van der Waals surface area contributed by atoms with E-state index >= 15 is 0 Å². The maximum absolute atomic E-state index is 12.8. The van der Waals surface area contributed by atoms with Crippen LogP contribution in [0.15, 0.2) is 30.3 Å². The Morgan fingerprint density at radius 2 is 1.69 bits per heavy atom. The number of nitrogens with one attached hydrogen (secondary N) is 1. The highest BCUT2D eigenvalue weighted by Crippen LogP contribution is 2.40. The summed E-state index contributed by atoms with van der Waals surface area (Å²) in [6.45, 7) is 7.66. The Hall–Kier alpha value is -2.41. The van der Waals surface area contributed by atoms with Gasteiger partial charge in [0.1, 0.15) is 12.1 Å². The summed E-state index contributed by atoms with van der Waals surface area (Å²) in [5.74, 6) is -0.464. The van der Waals surface area contributed by atoms with Gasteiger partial charge in [0, 0.05) is 19.6 Å². The fourth-order valence-corrected chi connectivity index (χ4v) is 4.78. The number of nitrogens with zero attached hydrogens (tertiary/aromatic N) is 3. The largest absolute Gasteiger partial charge is 0.341 e. The van der Waals surface area contributed by atoms with Crippen molar-refractivity contribution in [1.82, 2.24) is 20.0 Å². The third kappa shape index (κ3) is 4.01. The second-order valence-electron chi connectivity index (χ2n) is 9.27. The molecule has 3 aliphatic heterocycles. The number of likely N-dealkylation sites (tertiary alicyclic amines) is 2. The van der Waals surface area contributed by atoms with Crippen molar-refractivity contribution in [2.45, 2.75) is 45.2 Å². The van der Waals surface area contributed by atoms with Crippen LogP contribution in [0, 0.1) is 5.41 Å². The molecule has 1 N–H and O–H groups in total. The van der Waals surface area contributed by atoms with E-state index in [0.29, 0.717) is 6.54 Å². The first-order valence-electron chi connectivity index (χ1n) is 10.5. The first-order chi connectivity index (χ1) is 13.8. The molecule has 1 aromatic carbocycles. The van der Waals surface area contributed by atoms with Crippen LogP contribution in [-0.4, -0.2) is 70.8 Å². The maximum atomic E-state index is 12.8. The van der Waals surface area contributed by atoms with E-state index in [4.69, 9.17) is 0 Å². The first kappa shape index (κ1) is 19.9. The van der Waals surface area contributed by atoms with Crippen molar-refractivity contribution in [3.63, 3.8) is 0 Å². The molecule has 7 nitrogen and oxygen atoms in total. The third-order valence-electron chi connectivity index (χ3n) is 6.69. The summed E-state index contributed by atoms with van der Waals surface area (Å²) < 4.78 is 0. The lowest BCUT2D eigenvalue weighted by Crippen LogP contribution is -2.45. The zero-order chi connectivity index (χ0) is 20.6. The summed E-state index contributed by atoms with van der Waals surface area (Å²) >= 11 is 0. The summed E-state index contributed by atoms with van der Waals surface area (Å²) in [5, 5.41) is 2.63. The standard InChI is InChI=1S/C22H30N4O3/c1-21(2)19(28)26(20(29)23-21)15-18(27)25-13-10-22(16-25)8-11-24(12-9-22)14-17-6-4-3-5-7-17/h3-7H,8-16H2,1-2H3,(H,23,29). The van der Waals surface area contributed by atoms with E-state index < -0.39 is 11.6 Å². The normalized spacial score (nSPS) is 23.7. The number of carbonyl (C=O) groups is 3. The maximum Gasteiger partial charge on any atom is 0.325 e. The van der Waals surface area contributed by atoms with Crippen LogP contribution in [-0.2, 0) is 16.1 Å². The number of urea groups is 1. The van der Waals surface area contributed by atoms with Crippen molar-refractivity contribution in [2.24, 2.45) is 5.41 Å². The topological polar surface area (TPSA) is 73.0 Å². The predicted octanol–water partition coefficient (Wildman–Crippen LogP) is 1.83. The Labute approximate surface area is 172 Å². The quantitative estimate of drug-likeness (QED) is 0.786. The van der Waals surface area contributed by atoms with Crippen molar-refractivity contribution >= 4 is 17.8 Å². The lowest BCUT2D eigenvalue weighted by Gasteiger charge is -2.39. The van der Waals surface area contributed by atoms with Gasteiger partial charge in [-0.25, -0.2) is 4.79 Å². The van der Waals surface area contributed by atoms with Gasteiger partial charge in [0.15, 0.2) is 0 Å². The minimum Gasteiger partial charge on any atom is -0.341 e. The lowest BCUT2D eigenvalue weighted by molar-refractivity contribution is -0.138. The van der Waals surface area contributed by atoms with Crippen LogP contribution < -0.4 is 5.32 Å². The van der Waals surface area contributed by atoms with E-state index in [1.807, 2.05) is 11.0 Å². The average molecular weight is 399 g/mol. The van der Waals surface area contributed by atoms with Gasteiger partial charge in [-0.3, -0.25) is 19.4 Å². The molecule has 29 heavy (non-hydrogen) atoms. The van der Waals surface area contributed by atoms with Crippen LogP contribution in [0.25, 0.3) is 0 Å². The highest BCUT2D eigenvalue weighted by atomic mass is 16.2. The van der Waals surface area contributed by atoms with Crippen LogP contribution in [0.2, 0.25) is 0 Å². The zero-order valence-electron chi connectivity index (χ0n) is 17.3. The smallest absolute Gasteiger partial charge is 0.325 e. The Morgan fingerprint density at radius 1 is 1.03 bits per heavy atom. The summed E-state index contributed by atoms with van der Waals surface area (Å²) in [5.41, 5.74) is 0.581. The van der Waals surface area contributed by atoms with Crippen molar-refractivity contribution in [1.29, 1.82) is 0 Å². The highest BCUT2D eigenvalue weighted by Gasteiger charge is 2.47. The number of imide groups is 1. The zero-order valence-corrected chi connectivity index (χ0v) is 17.3. The van der Waals surface area contributed by atoms with E-state index in [2.05, 4.69) is 34.5 Å². The number of rotatable bonds is 4. The molecule has 1 spiro atoms. The van der Waals surface area contributed by atoms with Crippen LogP contribution >= 0.6 is 0 Å². The number of benzene rings is 1. The minimum absolute atomic E-state index is 0.130. The van der Waals surface area contributed by atoms with Crippen molar-refractivity contribution < 1.29 is 14.4 Å². The third-order valence-corrected chi connectivity index (χ3v) is 6.69. The second-order valence-corrected chi connectivity index (χ2v) is 9.27. The van der Waals surface area contributed by atoms with E-state index in [0.717, 1.165) is 50.3 Å². The minimum atomic E-state index is -0.935. The number of hydrogen-bond donors (Lipinski definition) is 1. The molecule has 3 aliphatic rings. The number of piperidine rings is 1. The van der Waals surface area contributed by atoms with E-state index in [-0.39, 0.29) is 23.8 Å². The van der Waals surface area contributed by atoms with Gasteiger partial charge >= 0.3 is 6.03 Å². The van der Waals surface area contributed by atoms with Gasteiger partial charge in [0.2, 0.25) is 5.91 Å². The fourth-order valence-electron chi connectivity index (χ4n) is 4.78. The number of hydrogen-bond acceptors (Lipinski definition) is 4. The summed E-state index contributed by atoms with van der Waals surface area (Å²) in [6.07, 6.45) is 3.17. The molecule has 0 radical (unpaired) electrons. The van der Waals surface area contributed by atoms with Crippen LogP contribution in [0.4, 0.5) is 4.79 Å². The van der Waals surface area contributed by atoms with Gasteiger partial charge < -0.3 is 10.2 Å². The number of amides is 4. The van der Waals surface area contributed by atoms with E-state index in [1.54, 1.807) is 13.8 Å². The fraction of sp³-hybridized carbons (Fsp3) is 0.591. The lowest BCUT2D eigenvalue weighted by atomic mass is 9.77. The molecule has 0 aliphatic carbocycles. The summed E-state index contributed by atoms with van der Waals surface area (Å²) in [7, 11) is 0. The van der Waals surface area contributed by atoms with Crippen LogP contribution in [0.5, 0.6) is 0 Å². The molecule has 3 heterocycles. The molecule has 156 valence electrons. The van der Waals surface area contributed by atoms with Gasteiger partial charge in [-0.05, 0) is 57.2 Å². The molecular formula is C22H30N4O3. The number of carbonyl (C=O) groups excluding carboxylic acids is 3. The molecule has 7 heteroatoms. The molecule has 3 fully saturated rings. The highest BCUT2D eigenvalue weighted by molar-refractivity contribution is 6.08. The van der Waals surface area contributed by atoms with E-state index in [1.165, 1.54) is 5.56 Å². The summed E-state index contributed by atoms with van der Waals surface area (Å²) in [6, 6.07) is 10.0. The van der Waals surface area contributed by atoms with Crippen LogP contribution in [0.3, 0.4) is 0 Å². The van der Waals surface area contributed by atoms with Crippen molar-refractivity contribution in [2.75, 3.05) is 32.7 Å². The Balaban J connectivity index is 1.30. The van der Waals surface area contributed by atoms with Gasteiger partial charge in [0.25, 0.3) is 5.91 Å². The molecule has 0 saturated carbocycles. The Bertz CT molecular complexity index is 800. The van der Waals surface area contributed by atoms with Gasteiger partial charge in [0.05, 0.1) is 0 Å². The molecule has 3 saturated heterocycles.